The van der Waals surface area contributed by atoms with E-state index in [0.29, 0.717) is 42.1 Å². The molecular weight excluding hydrogens is 530 g/mol. The lowest BCUT2D eigenvalue weighted by Gasteiger charge is -2.24. The number of hydrogen-bond acceptors (Lipinski definition) is 4. The summed E-state index contributed by atoms with van der Waals surface area (Å²) in [6.07, 6.45) is 3.18. The molecule has 0 atom stereocenters. The normalized spacial score (nSPS) is 13.1. The number of carbonyl (C=O) groups excluding carboxylic acids is 1. The van der Waals surface area contributed by atoms with Crippen LogP contribution >= 0.6 is 27.5 Å². The molecule has 4 rings (SSSR count). The van der Waals surface area contributed by atoms with Crippen LogP contribution in [0.3, 0.4) is 0 Å². The highest BCUT2D eigenvalue weighted by Gasteiger charge is 2.29. The Morgan fingerprint density at radius 1 is 1.20 bits per heavy atom. The third-order valence-electron chi connectivity index (χ3n) is 6.22. The number of methoxy groups -OCH3 is 1. The molecule has 1 fully saturated rings. The van der Waals surface area contributed by atoms with E-state index in [1.165, 1.54) is 0 Å². The van der Waals surface area contributed by atoms with Crippen molar-refractivity contribution in [3.05, 3.63) is 75.6 Å². The first-order valence-electron chi connectivity index (χ1n) is 11.8. The van der Waals surface area contributed by atoms with E-state index in [0.717, 1.165) is 52.7 Å². The van der Waals surface area contributed by atoms with Crippen molar-refractivity contribution in [3.8, 4) is 11.5 Å². The fourth-order valence-electron chi connectivity index (χ4n) is 4.02. The van der Waals surface area contributed by atoms with E-state index >= 15 is 0 Å². The molecule has 1 aliphatic carbocycles. The molecule has 1 aromatic heterocycles. The number of amides is 1. The lowest BCUT2D eigenvalue weighted by molar-refractivity contribution is 0.0718. The molecule has 0 unspecified atom stereocenters. The van der Waals surface area contributed by atoms with Crippen molar-refractivity contribution in [1.82, 2.24) is 14.7 Å². The van der Waals surface area contributed by atoms with Crippen LogP contribution in [0.5, 0.6) is 11.5 Å². The number of hydrogen-bond donors (Lipinski definition) is 0. The molecule has 0 N–H and O–H groups in total. The zero-order valence-corrected chi connectivity index (χ0v) is 22.7. The van der Waals surface area contributed by atoms with Gasteiger partial charge in [-0.25, -0.2) is 0 Å². The van der Waals surface area contributed by atoms with E-state index in [9.17, 15) is 4.79 Å². The van der Waals surface area contributed by atoms with Crippen LogP contribution < -0.4 is 9.47 Å². The lowest BCUT2D eigenvalue weighted by Crippen LogP contribution is -2.31. The van der Waals surface area contributed by atoms with Gasteiger partial charge in [-0.05, 0) is 73.2 Å². The summed E-state index contributed by atoms with van der Waals surface area (Å²) in [6.45, 7) is 3.50. The molecule has 1 heterocycles. The maximum absolute atomic E-state index is 13.8. The van der Waals surface area contributed by atoms with Crippen molar-refractivity contribution in [1.29, 1.82) is 0 Å². The van der Waals surface area contributed by atoms with Crippen molar-refractivity contribution >= 4 is 33.4 Å². The quantitative estimate of drug-likeness (QED) is 0.205. The van der Waals surface area contributed by atoms with Crippen molar-refractivity contribution < 1.29 is 14.3 Å². The SMILES string of the molecule is COc1ccc(CN(Cc2ccc(OCCCBr)c(Cl)c2)C(=O)c2cc(C3CC3)nn2C)c(C)c1. The van der Waals surface area contributed by atoms with E-state index in [1.807, 2.05) is 61.3 Å². The van der Waals surface area contributed by atoms with Crippen LogP contribution in [0.1, 0.15) is 58.1 Å². The lowest BCUT2D eigenvalue weighted by atomic mass is 10.1. The molecule has 0 spiro atoms. The molecule has 0 radical (unpaired) electrons. The van der Waals surface area contributed by atoms with Crippen LogP contribution in [-0.4, -0.2) is 39.6 Å². The third-order valence-corrected chi connectivity index (χ3v) is 7.07. The Kier molecular flexibility index (Phi) is 8.39. The maximum atomic E-state index is 13.8. The van der Waals surface area contributed by atoms with E-state index in [2.05, 4.69) is 21.0 Å². The minimum atomic E-state index is -0.0594. The van der Waals surface area contributed by atoms with Crippen LogP contribution in [0.2, 0.25) is 5.02 Å². The van der Waals surface area contributed by atoms with E-state index in [1.54, 1.807) is 11.8 Å². The summed E-state index contributed by atoms with van der Waals surface area (Å²) >= 11 is 9.92. The van der Waals surface area contributed by atoms with Gasteiger partial charge in [0, 0.05) is 31.4 Å². The van der Waals surface area contributed by atoms with Gasteiger partial charge in [0.2, 0.25) is 0 Å². The molecule has 1 amide bonds. The molecule has 0 aliphatic heterocycles. The average molecular weight is 561 g/mol. The highest BCUT2D eigenvalue weighted by atomic mass is 79.9. The minimum Gasteiger partial charge on any atom is -0.497 e. The van der Waals surface area contributed by atoms with E-state index < -0.39 is 0 Å². The van der Waals surface area contributed by atoms with Gasteiger partial charge in [0.15, 0.2) is 0 Å². The monoisotopic (exact) mass is 559 g/mol. The Morgan fingerprint density at radius 3 is 2.66 bits per heavy atom. The molecule has 1 saturated carbocycles. The number of rotatable bonds is 11. The minimum absolute atomic E-state index is 0.0594. The van der Waals surface area contributed by atoms with Gasteiger partial charge in [-0.2, -0.15) is 5.10 Å². The molecular formula is C27H31BrClN3O3. The van der Waals surface area contributed by atoms with Gasteiger partial charge in [-0.3, -0.25) is 9.48 Å². The van der Waals surface area contributed by atoms with Crippen LogP contribution in [-0.2, 0) is 20.1 Å². The summed E-state index contributed by atoms with van der Waals surface area (Å²) in [7, 11) is 3.49. The fourth-order valence-corrected chi connectivity index (χ4v) is 4.51. The highest BCUT2D eigenvalue weighted by molar-refractivity contribution is 9.09. The van der Waals surface area contributed by atoms with Gasteiger partial charge in [0.1, 0.15) is 17.2 Å². The predicted molar refractivity (Wildman–Crippen MR) is 142 cm³/mol. The third kappa shape index (κ3) is 6.39. The molecule has 1 aliphatic rings. The summed E-state index contributed by atoms with van der Waals surface area (Å²) in [5.74, 6) is 1.87. The van der Waals surface area contributed by atoms with Gasteiger partial charge in [0.05, 0.1) is 24.4 Å². The Balaban J connectivity index is 1.60. The Morgan fingerprint density at radius 2 is 2.00 bits per heavy atom. The second-order valence-electron chi connectivity index (χ2n) is 8.96. The summed E-state index contributed by atoms with van der Waals surface area (Å²) in [5, 5.41) is 6.02. The maximum Gasteiger partial charge on any atom is 0.272 e. The Bertz CT molecular complexity index is 1190. The smallest absolute Gasteiger partial charge is 0.272 e. The Hall–Kier alpha value is -2.51. The zero-order valence-electron chi connectivity index (χ0n) is 20.4. The second kappa shape index (κ2) is 11.5. The molecule has 3 aromatic rings. The molecule has 0 bridgehead atoms. The summed E-state index contributed by atoms with van der Waals surface area (Å²) in [6, 6.07) is 13.6. The number of alkyl halides is 1. The van der Waals surface area contributed by atoms with Crippen molar-refractivity contribution in [2.75, 3.05) is 19.0 Å². The topological polar surface area (TPSA) is 56.6 Å². The van der Waals surface area contributed by atoms with Crippen LogP contribution in [0.4, 0.5) is 0 Å². The van der Waals surface area contributed by atoms with Crippen molar-refractivity contribution in [3.63, 3.8) is 0 Å². The molecule has 8 heteroatoms. The van der Waals surface area contributed by atoms with Crippen molar-refractivity contribution in [2.24, 2.45) is 7.05 Å². The first-order chi connectivity index (χ1) is 16.9. The first-order valence-corrected chi connectivity index (χ1v) is 13.3. The summed E-state index contributed by atoms with van der Waals surface area (Å²) in [4.78, 5) is 15.6. The van der Waals surface area contributed by atoms with Crippen LogP contribution in [0.15, 0.2) is 42.5 Å². The number of aromatic nitrogens is 2. The predicted octanol–water partition coefficient (Wildman–Crippen LogP) is 6.27. The number of carbonyl (C=O) groups is 1. The molecule has 2 aromatic carbocycles. The molecule has 0 saturated heterocycles. The molecule has 186 valence electrons. The largest absolute Gasteiger partial charge is 0.497 e. The number of halogens is 2. The molecule has 6 nitrogen and oxygen atoms in total. The number of nitrogens with zero attached hydrogens (tertiary/aromatic N) is 3. The Labute approximate surface area is 220 Å². The summed E-state index contributed by atoms with van der Waals surface area (Å²) in [5.41, 5.74) is 4.67. The first kappa shape index (κ1) is 25.6. The van der Waals surface area contributed by atoms with Gasteiger partial charge in [-0.15, -0.1) is 0 Å². The van der Waals surface area contributed by atoms with E-state index in [-0.39, 0.29) is 5.91 Å². The molecule has 35 heavy (non-hydrogen) atoms. The number of benzene rings is 2. The number of aryl methyl sites for hydroxylation is 2. The van der Waals surface area contributed by atoms with Crippen LogP contribution in [0, 0.1) is 6.92 Å². The van der Waals surface area contributed by atoms with Gasteiger partial charge < -0.3 is 14.4 Å². The van der Waals surface area contributed by atoms with Crippen LogP contribution in [0.25, 0.3) is 0 Å². The van der Waals surface area contributed by atoms with Gasteiger partial charge in [0.25, 0.3) is 5.91 Å². The highest BCUT2D eigenvalue weighted by Crippen LogP contribution is 2.39. The average Bonchev–Trinajstić information content (AvgIpc) is 3.62. The standard InChI is InChI=1S/C27H31BrClN3O3/c1-18-13-22(34-3)9-8-21(18)17-32(27(33)25-15-24(20-6-7-20)30-31(25)2)16-19-5-10-26(23(29)14-19)35-12-4-11-28/h5,8-10,13-15,20H,4,6-7,11-12,16-17H2,1-3H3. The fraction of sp³-hybridized carbons (Fsp3) is 0.407. The van der Waals surface area contributed by atoms with Gasteiger partial charge in [-0.1, -0.05) is 39.7 Å². The zero-order chi connectivity index (χ0) is 24.9. The summed E-state index contributed by atoms with van der Waals surface area (Å²) < 4.78 is 12.8. The van der Waals surface area contributed by atoms with Crippen molar-refractivity contribution in [2.45, 2.75) is 45.2 Å². The van der Waals surface area contributed by atoms with E-state index in [4.69, 9.17) is 21.1 Å². The second-order valence-corrected chi connectivity index (χ2v) is 10.2. The number of ether oxygens (including phenoxy) is 2. The van der Waals surface area contributed by atoms with Gasteiger partial charge >= 0.3 is 0 Å².